The van der Waals surface area contributed by atoms with Crippen LogP contribution in [-0.2, 0) is 55.8 Å². The predicted octanol–water partition coefficient (Wildman–Crippen LogP) is 5.44. The minimum atomic E-state index is -1.29. The first kappa shape index (κ1) is 64.7. The Morgan fingerprint density at radius 3 is 1.73 bits per heavy atom. The number of benzene rings is 2. The molecule has 20 heteroatoms. The van der Waals surface area contributed by atoms with Crippen LogP contribution in [0.1, 0.15) is 134 Å². The average molecular weight is 1060 g/mol. The molecule has 0 spiro atoms. The van der Waals surface area contributed by atoms with Gasteiger partial charge < -0.3 is 62.1 Å². The summed E-state index contributed by atoms with van der Waals surface area (Å²) in [6.45, 7) is 3.34. The highest BCUT2D eigenvalue weighted by Crippen LogP contribution is 2.14. The molecule has 0 radical (unpaired) electrons. The number of aromatic hydroxyl groups is 1. The van der Waals surface area contributed by atoms with Crippen molar-refractivity contribution in [3.8, 4) is 5.75 Å². The molecular formula is C54H87N7O12S. The highest BCUT2D eigenvalue weighted by Gasteiger charge is 2.30. The number of nitrogens with one attached hydrogen (secondary N) is 6. The summed E-state index contributed by atoms with van der Waals surface area (Å²) < 4.78 is 16.3. The lowest BCUT2D eigenvalue weighted by atomic mass is 10.0. The normalized spacial score (nSPS) is 12.6. The molecule has 19 nitrogen and oxygen atoms in total. The molecule has 0 aliphatic heterocycles. The van der Waals surface area contributed by atoms with Crippen LogP contribution < -0.4 is 37.6 Å². The van der Waals surface area contributed by atoms with E-state index in [0.717, 1.165) is 6.42 Å². The van der Waals surface area contributed by atoms with Crippen LogP contribution in [-0.4, -0.2) is 141 Å². The van der Waals surface area contributed by atoms with Gasteiger partial charge in [-0.05, 0) is 73.8 Å². The second-order valence-electron chi connectivity index (χ2n) is 18.4. The van der Waals surface area contributed by atoms with Gasteiger partial charge in [0.2, 0.25) is 29.5 Å². The Kier molecular flexibility index (Phi) is 36.6. The van der Waals surface area contributed by atoms with E-state index in [4.69, 9.17) is 19.9 Å². The summed E-state index contributed by atoms with van der Waals surface area (Å²) in [6.07, 6.45) is 20.7. The van der Waals surface area contributed by atoms with E-state index in [-0.39, 0.29) is 51.2 Å². The number of thioether (sulfide) groups is 1. The largest absolute Gasteiger partial charge is 0.508 e. The lowest BCUT2D eigenvalue weighted by Crippen LogP contribution is -2.57. The number of carbonyl (C=O) groups excluding carboxylic acids is 6. The molecular weight excluding hydrogens is 971 g/mol. The first-order valence-corrected chi connectivity index (χ1v) is 28.0. The van der Waals surface area contributed by atoms with Crippen LogP contribution in [0.4, 0.5) is 4.79 Å². The Morgan fingerprint density at radius 1 is 0.554 bits per heavy atom. The molecule has 2 aromatic rings. The number of aliphatic carboxylic acids is 1. The Hall–Kier alpha value is -5.44. The molecule has 0 saturated carbocycles. The molecule has 2 rings (SSSR count). The van der Waals surface area contributed by atoms with E-state index in [9.17, 15) is 43.8 Å². The fourth-order valence-electron chi connectivity index (χ4n) is 7.76. The summed E-state index contributed by atoms with van der Waals surface area (Å²) in [5.74, 6) is -4.20. The van der Waals surface area contributed by atoms with E-state index in [1.807, 2.05) is 6.26 Å². The molecule has 0 aliphatic carbocycles. The number of phenolic OH excluding ortho intramolecular Hbond substituents is 1. The molecule has 0 heterocycles. The standard InChI is InChI=1S/C54H87N7O12S/c1-3-4-5-6-7-8-9-10-11-12-13-14-15-21-31-71-32-33-72-34-35-73-54(70)56-30-20-19-24-46(53(68)69)61-51(66)45(29-36-74-2)60-52(67)47(38-41-22-17-16-18-23-41)59-49(64)40-57-48(63)39-58-50(65)44(55)37-42-25-27-43(62)28-26-42/h16-18,22-23,25-28,44-47,62H,3-15,19-21,24,29-40,55H2,1-2H3,(H,56,70)(H,57,63)(H,58,65)(H,59,64)(H,60,67)(H,61,66)(H,68,69)/t44-,45-,46-,47-/m0/s1. The molecule has 0 unspecified atom stereocenters. The number of hydrogen-bond acceptors (Lipinski definition) is 13. The zero-order valence-corrected chi connectivity index (χ0v) is 44.8. The Labute approximate surface area is 443 Å². The monoisotopic (exact) mass is 1060 g/mol. The van der Waals surface area contributed by atoms with E-state index < -0.39 is 78.9 Å². The molecule has 0 bridgehead atoms. The molecule has 6 amide bonds. The van der Waals surface area contributed by atoms with Gasteiger partial charge in [0.15, 0.2) is 0 Å². The van der Waals surface area contributed by atoms with Gasteiger partial charge in [-0.2, -0.15) is 11.8 Å². The maximum Gasteiger partial charge on any atom is 0.407 e. The van der Waals surface area contributed by atoms with E-state index in [2.05, 4.69) is 38.8 Å². The van der Waals surface area contributed by atoms with Crippen molar-refractivity contribution in [2.75, 3.05) is 64.7 Å². The van der Waals surface area contributed by atoms with Crippen LogP contribution in [0.15, 0.2) is 54.6 Å². The predicted molar refractivity (Wildman–Crippen MR) is 288 cm³/mol. The molecule has 416 valence electrons. The van der Waals surface area contributed by atoms with Crippen molar-refractivity contribution in [2.45, 2.75) is 160 Å². The van der Waals surface area contributed by atoms with Gasteiger partial charge in [-0.1, -0.05) is 133 Å². The van der Waals surface area contributed by atoms with Crippen molar-refractivity contribution >= 4 is 53.4 Å². The summed E-state index contributed by atoms with van der Waals surface area (Å²) in [5.41, 5.74) is 7.36. The second kappa shape index (κ2) is 41.9. The molecule has 0 aromatic heterocycles. The summed E-state index contributed by atoms with van der Waals surface area (Å²) in [6, 6.07) is 10.4. The molecule has 74 heavy (non-hydrogen) atoms. The maximum absolute atomic E-state index is 13.8. The number of ether oxygens (including phenoxy) is 3. The van der Waals surface area contributed by atoms with Gasteiger partial charge in [-0.15, -0.1) is 0 Å². The fraction of sp³-hybridized carbons (Fsp3) is 0.648. The number of hydrogen-bond donors (Lipinski definition) is 9. The van der Waals surface area contributed by atoms with Gasteiger partial charge in [0.1, 0.15) is 30.5 Å². The van der Waals surface area contributed by atoms with Crippen LogP contribution in [0.2, 0.25) is 0 Å². The Bertz CT molecular complexity index is 1880. The first-order chi connectivity index (χ1) is 35.8. The number of unbranched alkanes of at least 4 members (excludes halogenated alkanes) is 14. The van der Waals surface area contributed by atoms with E-state index >= 15 is 0 Å². The first-order valence-electron chi connectivity index (χ1n) is 26.6. The van der Waals surface area contributed by atoms with Crippen molar-refractivity contribution in [2.24, 2.45) is 5.73 Å². The minimum Gasteiger partial charge on any atom is -0.508 e. The van der Waals surface area contributed by atoms with E-state index in [1.165, 1.54) is 107 Å². The van der Waals surface area contributed by atoms with Crippen molar-refractivity contribution < 1.29 is 58.0 Å². The highest BCUT2D eigenvalue weighted by atomic mass is 32.2. The van der Waals surface area contributed by atoms with E-state index in [1.54, 1.807) is 42.5 Å². The second-order valence-corrected chi connectivity index (χ2v) is 19.4. The summed E-state index contributed by atoms with van der Waals surface area (Å²) in [4.78, 5) is 89.8. The third kappa shape index (κ3) is 32.7. The lowest BCUT2D eigenvalue weighted by Gasteiger charge is -2.25. The quantitative estimate of drug-likeness (QED) is 0.0374. The van der Waals surface area contributed by atoms with Gasteiger partial charge >= 0.3 is 12.1 Å². The zero-order valence-electron chi connectivity index (χ0n) is 44.0. The van der Waals surface area contributed by atoms with Crippen LogP contribution in [0.25, 0.3) is 0 Å². The summed E-state index contributed by atoms with van der Waals surface area (Å²) in [5, 5.41) is 34.7. The van der Waals surface area contributed by atoms with Gasteiger partial charge in [0.25, 0.3) is 0 Å². The van der Waals surface area contributed by atoms with Crippen molar-refractivity contribution in [1.82, 2.24) is 31.9 Å². The SMILES string of the molecule is CCCCCCCCCCCCCCCCOCCOCCOC(=O)NCCCC[C@H](NC(=O)[C@H](CCSC)NC(=O)[C@H](Cc1ccccc1)NC(=O)CNC(=O)CNC(=O)[C@@H](N)Cc1ccc(O)cc1)C(=O)O. The van der Waals surface area contributed by atoms with Crippen molar-refractivity contribution in [1.29, 1.82) is 0 Å². The van der Waals surface area contributed by atoms with Crippen LogP contribution in [0.5, 0.6) is 5.75 Å². The van der Waals surface area contributed by atoms with Gasteiger partial charge in [0, 0.05) is 19.6 Å². The summed E-state index contributed by atoms with van der Waals surface area (Å²) in [7, 11) is 0. The lowest BCUT2D eigenvalue weighted by molar-refractivity contribution is -0.142. The number of carboxylic acid groups (broad SMARTS) is 1. The van der Waals surface area contributed by atoms with Gasteiger partial charge in [0.05, 0.1) is 39.0 Å². The van der Waals surface area contributed by atoms with Crippen LogP contribution >= 0.6 is 11.8 Å². The highest BCUT2D eigenvalue weighted by molar-refractivity contribution is 7.98. The average Bonchev–Trinajstić information content (AvgIpc) is 3.38. The van der Waals surface area contributed by atoms with Gasteiger partial charge in [-0.3, -0.25) is 24.0 Å². The van der Waals surface area contributed by atoms with Crippen LogP contribution in [0, 0.1) is 0 Å². The molecule has 0 aliphatic rings. The Morgan fingerprint density at radius 2 is 1.11 bits per heavy atom. The number of phenols is 1. The number of nitrogens with two attached hydrogens (primary N) is 1. The van der Waals surface area contributed by atoms with Crippen molar-refractivity contribution in [3.63, 3.8) is 0 Å². The van der Waals surface area contributed by atoms with E-state index in [0.29, 0.717) is 49.5 Å². The number of rotatable bonds is 44. The maximum atomic E-state index is 13.8. The topological polar surface area (TPSA) is 286 Å². The van der Waals surface area contributed by atoms with Gasteiger partial charge in [-0.25, -0.2) is 9.59 Å². The molecule has 4 atom stereocenters. The third-order valence-electron chi connectivity index (χ3n) is 12.1. The molecule has 0 saturated heterocycles. The number of alkyl carbamates (subject to hydrolysis) is 1. The third-order valence-corrected chi connectivity index (χ3v) is 12.7. The zero-order chi connectivity index (χ0) is 54.0. The minimum absolute atomic E-state index is 0.0281. The fourth-order valence-corrected chi connectivity index (χ4v) is 8.23. The summed E-state index contributed by atoms with van der Waals surface area (Å²) >= 11 is 1.42. The smallest absolute Gasteiger partial charge is 0.407 e. The molecule has 2 aromatic carbocycles. The Balaban J connectivity index is 1.68. The molecule has 0 fully saturated rings. The number of carbonyl (C=O) groups is 7. The van der Waals surface area contributed by atoms with Crippen molar-refractivity contribution in [3.05, 3.63) is 65.7 Å². The number of amides is 6. The molecule has 10 N–H and O–H groups in total. The van der Waals surface area contributed by atoms with Crippen LogP contribution in [0.3, 0.4) is 0 Å². The number of carboxylic acids is 1.